The van der Waals surface area contributed by atoms with E-state index < -0.39 is 0 Å². The van der Waals surface area contributed by atoms with Crippen LogP contribution in [0.1, 0.15) is 23.9 Å². The molecule has 24 heavy (non-hydrogen) atoms. The summed E-state index contributed by atoms with van der Waals surface area (Å²) in [7, 11) is 0. The van der Waals surface area contributed by atoms with Crippen LogP contribution < -0.4 is 0 Å². The van der Waals surface area contributed by atoms with Crippen molar-refractivity contribution >= 4 is 17.7 Å². The first-order valence-corrected chi connectivity index (χ1v) is 8.90. The van der Waals surface area contributed by atoms with Crippen molar-refractivity contribution in [3.05, 3.63) is 29.8 Å². The number of hydrogen-bond acceptors (Lipinski definition) is 7. The third-order valence-electron chi connectivity index (χ3n) is 4.38. The second-order valence-electron chi connectivity index (χ2n) is 5.98. The minimum Gasteiger partial charge on any atom is -0.370 e. The summed E-state index contributed by atoms with van der Waals surface area (Å²) in [5.74, 6) is 0.433. The van der Waals surface area contributed by atoms with E-state index in [9.17, 15) is 4.79 Å². The number of hydrogen-bond donors (Lipinski definition) is 0. The fourth-order valence-electron chi connectivity index (χ4n) is 3.12. The predicted molar refractivity (Wildman–Crippen MR) is 86.3 cm³/mol. The van der Waals surface area contributed by atoms with E-state index in [-0.39, 0.29) is 18.1 Å². The summed E-state index contributed by atoms with van der Waals surface area (Å²) in [6, 6.07) is 1.89. The van der Waals surface area contributed by atoms with E-state index in [1.165, 1.54) is 11.8 Å². The Hall–Kier alpha value is -2.00. The second-order valence-corrected chi connectivity index (χ2v) is 6.93. The van der Waals surface area contributed by atoms with Crippen LogP contribution in [0.4, 0.5) is 0 Å². The molecule has 126 valence electrons. The van der Waals surface area contributed by atoms with Gasteiger partial charge in [-0.3, -0.25) is 4.79 Å². The molecule has 0 bridgehead atoms. The van der Waals surface area contributed by atoms with E-state index in [0.29, 0.717) is 30.6 Å². The van der Waals surface area contributed by atoms with Gasteiger partial charge in [0.05, 0.1) is 36.4 Å². The fraction of sp³-hybridized carbons (Fsp3) is 0.533. The van der Waals surface area contributed by atoms with Gasteiger partial charge in [-0.15, -0.1) is 5.10 Å². The molecule has 0 N–H and O–H groups in total. The highest BCUT2D eigenvalue weighted by Crippen LogP contribution is 2.30. The molecule has 0 spiro atoms. The van der Waals surface area contributed by atoms with Crippen LogP contribution in [0.15, 0.2) is 23.6 Å². The number of aryl methyl sites for hydroxylation is 1. The molecule has 1 fully saturated rings. The first-order valence-electron chi connectivity index (χ1n) is 7.91. The minimum atomic E-state index is 0.0502. The van der Waals surface area contributed by atoms with Crippen molar-refractivity contribution in [3.63, 3.8) is 0 Å². The number of likely N-dealkylation sites (tertiary alicyclic amines) is 1. The lowest BCUT2D eigenvalue weighted by molar-refractivity contribution is -0.135. The van der Waals surface area contributed by atoms with Crippen LogP contribution >= 0.6 is 11.8 Å². The Balaban J connectivity index is 1.40. The number of aromatic nitrogens is 5. The zero-order chi connectivity index (χ0) is 16.5. The van der Waals surface area contributed by atoms with E-state index in [0.717, 1.165) is 17.8 Å². The molecule has 1 saturated heterocycles. The summed E-state index contributed by atoms with van der Waals surface area (Å²) in [4.78, 5) is 22.9. The minimum absolute atomic E-state index is 0.0502. The summed E-state index contributed by atoms with van der Waals surface area (Å²) in [5, 5.41) is 8.76. The summed E-state index contributed by atoms with van der Waals surface area (Å²) in [6.07, 6.45) is 4.37. The van der Waals surface area contributed by atoms with Gasteiger partial charge in [0.15, 0.2) is 5.16 Å². The van der Waals surface area contributed by atoms with Crippen LogP contribution in [0.3, 0.4) is 0 Å². The van der Waals surface area contributed by atoms with Crippen molar-refractivity contribution in [3.8, 4) is 0 Å². The molecule has 9 heteroatoms. The van der Waals surface area contributed by atoms with Gasteiger partial charge in [-0.05, 0) is 19.4 Å². The van der Waals surface area contributed by atoms with Gasteiger partial charge < -0.3 is 9.64 Å². The van der Waals surface area contributed by atoms with Crippen LogP contribution in [0.5, 0.6) is 0 Å². The number of fused-ring (bicyclic) bond motifs is 3. The first-order chi connectivity index (χ1) is 11.7. The first kappa shape index (κ1) is 15.5. The largest absolute Gasteiger partial charge is 0.370 e. The summed E-state index contributed by atoms with van der Waals surface area (Å²) in [6.45, 7) is 3.77. The third-order valence-corrected chi connectivity index (χ3v) is 5.22. The molecule has 1 amide bonds. The second kappa shape index (κ2) is 6.48. The summed E-state index contributed by atoms with van der Waals surface area (Å²) in [5.41, 5.74) is 1.87. The number of carbonyl (C=O) groups is 1. The molecule has 2 atom stereocenters. The van der Waals surface area contributed by atoms with Gasteiger partial charge in [-0.2, -0.15) is 0 Å². The van der Waals surface area contributed by atoms with E-state index >= 15 is 0 Å². The maximum atomic E-state index is 12.5. The number of piperidine rings is 1. The Kier molecular flexibility index (Phi) is 4.19. The standard InChI is InChI=1S/C15H18N6O2S/c1-10-2-4-16-15(18-10)24-9-14(22)20-5-3-13-12(7-20)21-11(8-23-13)6-17-19-21/h2,4,6,12-13H,3,5,7-9H2,1H3. The Bertz CT molecular complexity index is 751. The number of nitrogens with zero attached hydrogens (tertiary/aromatic N) is 6. The average molecular weight is 346 g/mol. The van der Waals surface area contributed by atoms with E-state index in [1.807, 2.05) is 22.6 Å². The fourth-order valence-corrected chi connectivity index (χ4v) is 3.90. The molecule has 8 nitrogen and oxygen atoms in total. The molecule has 0 aliphatic carbocycles. The number of thioether (sulfide) groups is 1. The molecular weight excluding hydrogens is 328 g/mol. The van der Waals surface area contributed by atoms with E-state index in [4.69, 9.17) is 4.74 Å². The van der Waals surface area contributed by atoms with Gasteiger partial charge >= 0.3 is 0 Å². The lowest BCUT2D eigenvalue weighted by Gasteiger charge is -2.40. The third kappa shape index (κ3) is 3.01. The van der Waals surface area contributed by atoms with Crippen LogP contribution in [0, 0.1) is 6.92 Å². The number of carbonyl (C=O) groups excluding carboxylic acids is 1. The summed E-state index contributed by atoms with van der Waals surface area (Å²) < 4.78 is 7.78. The lowest BCUT2D eigenvalue weighted by atomic mass is 10.0. The molecule has 4 heterocycles. The molecule has 2 aliphatic heterocycles. The molecule has 2 unspecified atom stereocenters. The Morgan fingerprint density at radius 2 is 2.42 bits per heavy atom. The number of ether oxygens (including phenoxy) is 1. The van der Waals surface area contributed by atoms with Crippen molar-refractivity contribution in [1.29, 1.82) is 0 Å². The van der Waals surface area contributed by atoms with Crippen molar-refractivity contribution in [2.24, 2.45) is 0 Å². The number of amides is 1. The van der Waals surface area contributed by atoms with Crippen LogP contribution in [0.25, 0.3) is 0 Å². The van der Waals surface area contributed by atoms with Gasteiger partial charge in [-0.1, -0.05) is 17.0 Å². The Morgan fingerprint density at radius 3 is 3.29 bits per heavy atom. The van der Waals surface area contributed by atoms with E-state index in [1.54, 1.807) is 12.4 Å². The van der Waals surface area contributed by atoms with Crippen molar-refractivity contribution < 1.29 is 9.53 Å². The van der Waals surface area contributed by atoms with Crippen LogP contribution in [0.2, 0.25) is 0 Å². The molecule has 0 radical (unpaired) electrons. The maximum absolute atomic E-state index is 12.5. The number of rotatable bonds is 3. The average Bonchev–Trinajstić information content (AvgIpc) is 3.08. The highest BCUT2D eigenvalue weighted by Gasteiger charge is 2.37. The van der Waals surface area contributed by atoms with Crippen molar-refractivity contribution in [2.45, 2.75) is 37.3 Å². The molecule has 0 aromatic carbocycles. The zero-order valence-corrected chi connectivity index (χ0v) is 14.1. The van der Waals surface area contributed by atoms with Gasteiger partial charge in [-0.25, -0.2) is 14.6 Å². The van der Waals surface area contributed by atoms with Crippen LogP contribution in [-0.2, 0) is 16.1 Å². The van der Waals surface area contributed by atoms with E-state index in [2.05, 4.69) is 20.3 Å². The molecular formula is C15H18N6O2S. The normalized spacial score (nSPS) is 22.8. The Labute approximate surface area is 143 Å². The quantitative estimate of drug-likeness (QED) is 0.601. The molecule has 2 aliphatic rings. The molecule has 2 aromatic rings. The SMILES string of the molecule is Cc1ccnc(SCC(=O)N2CCC3OCc4cnnn4C3C2)n1. The highest BCUT2D eigenvalue weighted by molar-refractivity contribution is 7.99. The topological polar surface area (TPSA) is 86.0 Å². The Morgan fingerprint density at radius 1 is 1.50 bits per heavy atom. The molecule has 2 aromatic heterocycles. The van der Waals surface area contributed by atoms with Crippen molar-refractivity contribution in [2.75, 3.05) is 18.8 Å². The van der Waals surface area contributed by atoms with Gasteiger partial charge in [0.2, 0.25) is 5.91 Å². The molecule has 4 rings (SSSR count). The smallest absolute Gasteiger partial charge is 0.233 e. The van der Waals surface area contributed by atoms with Crippen molar-refractivity contribution in [1.82, 2.24) is 29.9 Å². The monoisotopic (exact) mass is 346 g/mol. The van der Waals surface area contributed by atoms with Crippen LogP contribution in [-0.4, -0.2) is 60.7 Å². The maximum Gasteiger partial charge on any atom is 0.233 e. The summed E-state index contributed by atoms with van der Waals surface area (Å²) >= 11 is 1.37. The zero-order valence-electron chi connectivity index (χ0n) is 13.3. The highest BCUT2D eigenvalue weighted by atomic mass is 32.2. The lowest BCUT2D eigenvalue weighted by Crippen LogP contribution is -2.50. The van der Waals surface area contributed by atoms with Gasteiger partial charge in [0, 0.05) is 25.0 Å². The van der Waals surface area contributed by atoms with Gasteiger partial charge in [0.25, 0.3) is 0 Å². The molecule has 0 saturated carbocycles. The van der Waals surface area contributed by atoms with Gasteiger partial charge in [0.1, 0.15) is 0 Å². The predicted octanol–water partition coefficient (Wildman–Crippen LogP) is 0.841.